The van der Waals surface area contributed by atoms with E-state index in [9.17, 15) is 0 Å². The van der Waals surface area contributed by atoms with Gasteiger partial charge in [-0.1, -0.05) is 30.3 Å². The summed E-state index contributed by atoms with van der Waals surface area (Å²) in [6.07, 6.45) is 1.82. The molecule has 1 unspecified atom stereocenters. The van der Waals surface area contributed by atoms with Gasteiger partial charge in [0.2, 0.25) is 0 Å². The van der Waals surface area contributed by atoms with Crippen molar-refractivity contribution < 1.29 is 9.47 Å². The van der Waals surface area contributed by atoms with Crippen molar-refractivity contribution in [1.82, 2.24) is 5.32 Å². The summed E-state index contributed by atoms with van der Waals surface area (Å²) in [7, 11) is 3.26. The van der Waals surface area contributed by atoms with Gasteiger partial charge in [0.15, 0.2) is 6.29 Å². The molecule has 1 aliphatic heterocycles. The summed E-state index contributed by atoms with van der Waals surface area (Å²) >= 11 is 0. The van der Waals surface area contributed by atoms with Crippen LogP contribution >= 0.6 is 0 Å². The van der Waals surface area contributed by atoms with Gasteiger partial charge in [0.05, 0.1) is 18.4 Å². The van der Waals surface area contributed by atoms with E-state index >= 15 is 0 Å². The van der Waals surface area contributed by atoms with E-state index in [1.165, 1.54) is 5.56 Å². The van der Waals surface area contributed by atoms with Crippen LogP contribution in [0.3, 0.4) is 0 Å². The van der Waals surface area contributed by atoms with Crippen LogP contribution < -0.4 is 5.32 Å². The van der Waals surface area contributed by atoms with Gasteiger partial charge >= 0.3 is 0 Å². The lowest BCUT2D eigenvalue weighted by Crippen LogP contribution is -2.22. The van der Waals surface area contributed by atoms with E-state index in [4.69, 9.17) is 9.47 Å². The molecule has 98 valence electrons. The summed E-state index contributed by atoms with van der Waals surface area (Å²) in [5.41, 5.74) is 1.32. The number of nitrogens with one attached hydrogen (secondary N) is 1. The first-order chi connectivity index (χ1) is 8.83. The average Bonchev–Trinajstić information content (AvgIpc) is 2.90. The molecule has 1 heterocycles. The lowest BCUT2D eigenvalue weighted by Gasteiger charge is -2.12. The summed E-state index contributed by atoms with van der Waals surface area (Å²) in [5.74, 6) is 1.04. The Morgan fingerprint density at radius 1 is 1.28 bits per heavy atom. The van der Waals surface area contributed by atoms with Crippen molar-refractivity contribution in [3.63, 3.8) is 0 Å². The Bertz CT molecular complexity index is 388. The van der Waals surface area contributed by atoms with Crippen molar-refractivity contribution in [3.05, 3.63) is 35.9 Å². The molecule has 2 rings (SSSR count). The second kappa shape index (κ2) is 6.52. The second-order valence-corrected chi connectivity index (χ2v) is 4.33. The summed E-state index contributed by atoms with van der Waals surface area (Å²) in [6, 6.07) is 10.8. The summed E-state index contributed by atoms with van der Waals surface area (Å²) in [4.78, 5) is 4.50. The zero-order chi connectivity index (χ0) is 12.8. The Morgan fingerprint density at radius 2 is 2.00 bits per heavy atom. The van der Waals surface area contributed by atoms with E-state index in [1.807, 2.05) is 6.07 Å². The maximum Gasteiger partial charge on any atom is 0.176 e. The maximum absolute atomic E-state index is 5.11. The van der Waals surface area contributed by atoms with Crippen LogP contribution in [0.25, 0.3) is 0 Å². The van der Waals surface area contributed by atoms with Crippen LogP contribution in [0.15, 0.2) is 35.3 Å². The number of aliphatic imine (C=N–C) groups is 1. The van der Waals surface area contributed by atoms with Gasteiger partial charge in [-0.05, 0) is 12.0 Å². The molecule has 0 saturated carbocycles. The molecule has 0 radical (unpaired) electrons. The van der Waals surface area contributed by atoms with Crippen molar-refractivity contribution in [2.75, 3.05) is 20.8 Å². The van der Waals surface area contributed by atoms with Gasteiger partial charge in [-0.15, -0.1) is 0 Å². The van der Waals surface area contributed by atoms with E-state index in [2.05, 4.69) is 34.6 Å². The molecule has 0 spiro atoms. The third-order valence-electron chi connectivity index (χ3n) is 3.17. The molecular formula is C14H20N2O2. The third-order valence-corrected chi connectivity index (χ3v) is 3.17. The standard InChI is InChI=1S/C14H20N2O2/c1-17-14(18-2)10-15-13-9-8-12(16-13)11-6-4-3-5-7-11/h3-7,12,14H,8-10H2,1-2H3,(H,15,16). The van der Waals surface area contributed by atoms with Gasteiger partial charge in [-0.2, -0.15) is 0 Å². The number of methoxy groups -OCH3 is 2. The van der Waals surface area contributed by atoms with Crippen LogP contribution in [0.5, 0.6) is 0 Å². The molecule has 0 amide bonds. The molecular weight excluding hydrogens is 228 g/mol. The third kappa shape index (κ3) is 3.31. The van der Waals surface area contributed by atoms with Crippen LogP contribution in [0.2, 0.25) is 0 Å². The molecule has 0 aliphatic carbocycles. The average molecular weight is 248 g/mol. The molecule has 18 heavy (non-hydrogen) atoms. The Kier molecular flexibility index (Phi) is 4.73. The van der Waals surface area contributed by atoms with Crippen molar-refractivity contribution in [2.24, 2.45) is 4.99 Å². The second-order valence-electron chi connectivity index (χ2n) is 4.33. The topological polar surface area (TPSA) is 42.8 Å². The van der Waals surface area contributed by atoms with Crippen LogP contribution in [-0.4, -0.2) is 32.9 Å². The van der Waals surface area contributed by atoms with Gasteiger partial charge in [0.25, 0.3) is 0 Å². The maximum atomic E-state index is 5.11. The predicted molar refractivity (Wildman–Crippen MR) is 71.7 cm³/mol. The van der Waals surface area contributed by atoms with Gasteiger partial charge in [-0.25, -0.2) is 0 Å². The van der Waals surface area contributed by atoms with Crippen molar-refractivity contribution in [3.8, 4) is 0 Å². The Labute approximate surface area is 108 Å². The molecule has 1 N–H and O–H groups in total. The monoisotopic (exact) mass is 248 g/mol. The number of hydrogen-bond acceptors (Lipinski definition) is 3. The lowest BCUT2D eigenvalue weighted by atomic mass is 10.1. The highest BCUT2D eigenvalue weighted by atomic mass is 16.7. The van der Waals surface area contributed by atoms with Crippen LogP contribution in [0.1, 0.15) is 24.4 Å². The van der Waals surface area contributed by atoms with E-state index < -0.39 is 0 Å². The molecule has 1 saturated heterocycles. The van der Waals surface area contributed by atoms with Crippen LogP contribution in [0, 0.1) is 0 Å². The Hall–Kier alpha value is -1.39. The Balaban J connectivity index is 1.90. The first kappa shape index (κ1) is 13.1. The number of rotatable bonds is 5. The first-order valence-electron chi connectivity index (χ1n) is 6.24. The minimum Gasteiger partial charge on any atom is -0.367 e. The fourth-order valence-electron chi connectivity index (χ4n) is 2.12. The normalized spacial score (nSPS) is 21.5. The van der Waals surface area contributed by atoms with E-state index in [-0.39, 0.29) is 6.29 Å². The van der Waals surface area contributed by atoms with Crippen molar-refractivity contribution in [2.45, 2.75) is 25.2 Å². The van der Waals surface area contributed by atoms with Crippen LogP contribution in [0.4, 0.5) is 0 Å². The van der Waals surface area contributed by atoms with Gasteiger partial charge in [0.1, 0.15) is 0 Å². The highest BCUT2D eigenvalue weighted by Crippen LogP contribution is 2.23. The largest absolute Gasteiger partial charge is 0.367 e. The van der Waals surface area contributed by atoms with Crippen LogP contribution in [-0.2, 0) is 9.47 Å². The summed E-state index contributed by atoms with van der Waals surface area (Å²) in [5, 5.41) is 3.45. The highest BCUT2D eigenvalue weighted by molar-refractivity contribution is 5.84. The minimum atomic E-state index is -0.255. The number of hydrogen-bond donors (Lipinski definition) is 1. The number of ether oxygens (including phenoxy) is 2. The molecule has 1 aliphatic rings. The fraction of sp³-hybridized carbons (Fsp3) is 0.500. The number of benzene rings is 1. The first-order valence-corrected chi connectivity index (χ1v) is 6.24. The van der Waals surface area contributed by atoms with Crippen molar-refractivity contribution in [1.29, 1.82) is 0 Å². The fourth-order valence-corrected chi connectivity index (χ4v) is 2.12. The van der Waals surface area contributed by atoms with Gasteiger partial charge in [0, 0.05) is 20.6 Å². The highest BCUT2D eigenvalue weighted by Gasteiger charge is 2.20. The molecule has 4 heteroatoms. The lowest BCUT2D eigenvalue weighted by molar-refractivity contribution is -0.0937. The smallest absolute Gasteiger partial charge is 0.176 e. The SMILES string of the molecule is COC(CN=C1CCC(c2ccccc2)N1)OC. The summed E-state index contributed by atoms with van der Waals surface area (Å²) < 4.78 is 10.2. The number of amidine groups is 1. The van der Waals surface area contributed by atoms with Crippen molar-refractivity contribution >= 4 is 5.84 Å². The number of nitrogens with zero attached hydrogens (tertiary/aromatic N) is 1. The summed E-state index contributed by atoms with van der Waals surface area (Å²) in [6.45, 7) is 0.539. The molecule has 0 aromatic heterocycles. The van der Waals surface area contributed by atoms with E-state index in [1.54, 1.807) is 14.2 Å². The quantitative estimate of drug-likeness (QED) is 0.812. The Morgan fingerprint density at radius 3 is 2.67 bits per heavy atom. The van der Waals surface area contributed by atoms with E-state index in [0.29, 0.717) is 12.6 Å². The van der Waals surface area contributed by atoms with Gasteiger partial charge in [-0.3, -0.25) is 4.99 Å². The minimum absolute atomic E-state index is 0.255. The molecule has 1 aromatic carbocycles. The molecule has 1 atom stereocenters. The molecule has 0 bridgehead atoms. The predicted octanol–water partition coefficient (Wildman–Crippen LogP) is 2.13. The molecule has 4 nitrogen and oxygen atoms in total. The van der Waals surface area contributed by atoms with E-state index in [0.717, 1.165) is 18.7 Å². The molecule has 1 fully saturated rings. The zero-order valence-corrected chi connectivity index (χ0v) is 10.9. The van der Waals surface area contributed by atoms with Gasteiger partial charge < -0.3 is 14.8 Å². The zero-order valence-electron chi connectivity index (χ0n) is 10.9. The molecule has 1 aromatic rings.